The van der Waals surface area contributed by atoms with Crippen molar-refractivity contribution in [2.75, 3.05) is 17.3 Å². The van der Waals surface area contributed by atoms with Gasteiger partial charge in [0.25, 0.3) is 0 Å². The molecule has 0 aromatic heterocycles. The zero-order chi connectivity index (χ0) is 13.1. The highest BCUT2D eigenvalue weighted by atomic mass is 35.5. The van der Waals surface area contributed by atoms with Crippen LogP contribution in [0.5, 0.6) is 0 Å². The molecule has 1 aromatic rings. The van der Waals surface area contributed by atoms with Crippen molar-refractivity contribution in [3.8, 4) is 0 Å². The van der Waals surface area contributed by atoms with E-state index in [0.29, 0.717) is 12.4 Å². The number of rotatable bonds is 4. The van der Waals surface area contributed by atoms with Crippen molar-refractivity contribution in [3.63, 3.8) is 0 Å². The summed E-state index contributed by atoms with van der Waals surface area (Å²) in [4.78, 5) is 14.2. The van der Waals surface area contributed by atoms with Crippen molar-refractivity contribution in [1.82, 2.24) is 0 Å². The molecule has 1 aromatic carbocycles. The Morgan fingerprint density at radius 3 is 2.53 bits per heavy atom. The molecule has 0 saturated carbocycles. The monoisotopic (exact) mass is 253 g/mol. The number of amides is 1. The van der Waals surface area contributed by atoms with Crippen molar-refractivity contribution in [1.29, 1.82) is 0 Å². The van der Waals surface area contributed by atoms with Gasteiger partial charge >= 0.3 is 0 Å². The van der Waals surface area contributed by atoms with Crippen LogP contribution in [0.1, 0.15) is 26.3 Å². The minimum atomic E-state index is -0.526. The van der Waals surface area contributed by atoms with Crippen molar-refractivity contribution in [3.05, 3.63) is 29.8 Å². The highest BCUT2D eigenvalue weighted by Gasteiger charge is 2.31. The highest BCUT2D eigenvalue weighted by molar-refractivity contribution is 6.20. The second-order valence-corrected chi connectivity index (χ2v) is 5.17. The molecule has 0 N–H and O–H groups in total. The van der Waals surface area contributed by atoms with Crippen LogP contribution in [0.3, 0.4) is 0 Å². The van der Waals surface area contributed by atoms with E-state index >= 15 is 0 Å². The number of anilines is 1. The van der Waals surface area contributed by atoms with Crippen LogP contribution in [0.15, 0.2) is 24.3 Å². The average Bonchev–Trinajstić information content (AvgIpc) is 2.30. The lowest BCUT2D eigenvalue weighted by Gasteiger charge is -2.30. The summed E-state index contributed by atoms with van der Waals surface area (Å²) in [5.74, 6) is 0.398. The number of carbonyl (C=O) groups excluding carboxylic acids is 1. The molecule has 0 aliphatic rings. The smallest absolute Gasteiger partial charge is 0.233 e. The first kappa shape index (κ1) is 14.0. The second-order valence-electron chi connectivity index (χ2n) is 4.91. The lowest BCUT2D eigenvalue weighted by molar-refractivity contribution is -0.125. The second kappa shape index (κ2) is 5.54. The maximum atomic E-state index is 12.4. The Morgan fingerprint density at radius 1 is 1.41 bits per heavy atom. The Bertz CT molecular complexity index is 401. The lowest BCUT2D eigenvalue weighted by Crippen LogP contribution is -2.42. The molecule has 0 aliphatic heterocycles. The fraction of sp³-hybridized carbons (Fsp3) is 0.500. The third-order valence-electron chi connectivity index (χ3n) is 2.79. The van der Waals surface area contributed by atoms with Gasteiger partial charge in [0.2, 0.25) is 5.91 Å². The summed E-state index contributed by atoms with van der Waals surface area (Å²) >= 11 is 5.86. The number of halogens is 1. The van der Waals surface area contributed by atoms with E-state index in [2.05, 4.69) is 0 Å². The van der Waals surface area contributed by atoms with Crippen molar-refractivity contribution >= 4 is 23.2 Å². The van der Waals surface area contributed by atoms with Gasteiger partial charge in [-0.2, -0.15) is 0 Å². The lowest BCUT2D eigenvalue weighted by atomic mass is 9.94. The Hall–Kier alpha value is -1.02. The zero-order valence-corrected chi connectivity index (χ0v) is 11.7. The number of aryl methyl sites for hydroxylation is 1. The summed E-state index contributed by atoms with van der Waals surface area (Å²) in [6.07, 6.45) is 0. The zero-order valence-electron chi connectivity index (χ0n) is 11.0. The molecule has 0 radical (unpaired) electrons. The predicted octanol–water partition coefficient (Wildman–Crippen LogP) is 3.61. The first-order valence-corrected chi connectivity index (χ1v) is 6.40. The van der Waals surface area contributed by atoms with Gasteiger partial charge in [0, 0.05) is 18.1 Å². The molecular formula is C14H20ClNO. The fourth-order valence-electron chi connectivity index (χ4n) is 1.66. The minimum Gasteiger partial charge on any atom is -0.312 e. The van der Waals surface area contributed by atoms with Gasteiger partial charge < -0.3 is 4.90 Å². The van der Waals surface area contributed by atoms with Gasteiger partial charge in [0.1, 0.15) is 0 Å². The number of hydrogen-bond donors (Lipinski definition) is 0. The molecule has 0 atom stereocenters. The first-order chi connectivity index (χ1) is 7.92. The van der Waals surface area contributed by atoms with Crippen LogP contribution in [0, 0.1) is 12.3 Å². The standard InChI is InChI=1S/C14H20ClNO/c1-5-16(13(17)14(3,4)10-15)12-8-6-7-11(2)9-12/h6-9H,5,10H2,1-4H3. The molecule has 0 bridgehead atoms. The van der Waals surface area contributed by atoms with Gasteiger partial charge in [-0.3, -0.25) is 4.79 Å². The van der Waals surface area contributed by atoms with Crippen LogP contribution >= 0.6 is 11.6 Å². The van der Waals surface area contributed by atoms with Crippen LogP contribution in [-0.2, 0) is 4.79 Å². The van der Waals surface area contributed by atoms with Gasteiger partial charge in [0.15, 0.2) is 0 Å². The molecule has 3 heteroatoms. The van der Waals surface area contributed by atoms with E-state index in [0.717, 1.165) is 11.3 Å². The quantitative estimate of drug-likeness (QED) is 0.751. The normalized spacial score (nSPS) is 11.4. The molecule has 2 nitrogen and oxygen atoms in total. The van der Waals surface area contributed by atoms with Crippen LogP contribution in [0.25, 0.3) is 0 Å². The van der Waals surface area contributed by atoms with E-state index in [9.17, 15) is 4.79 Å². The van der Waals surface area contributed by atoms with Crippen LogP contribution in [0.4, 0.5) is 5.69 Å². The van der Waals surface area contributed by atoms with Crippen molar-refractivity contribution in [2.24, 2.45) is 5.41 Å². The first-order valence-electron chi connectivity index (χ1n) is 5.87. The number of carbonyl (C=O) groups is 1. The van der Waals surface area contributed by atoms with Gasteiger partial charge in [-0.1, -0.05) is 12.1 Å². The molecule has 0 saturated heterocycles. The molecule has 0 heterocycles. The van der Waals surface area contributed by atoms with E-state index in [-0.39, 0.29) is 5.91 Å². The maximum Gasteiger partial charge on any atom is 0.233 e. The number of nitrogens with zero attached hydrogens (tertiary/aromatic N) is 1. The van der Waals surface area contributed by atoms with Gasteiger partial charge in [-0.25, -0.2) is 0 Å². The molecule has 0 fully saturated rings. The van der Waals surface area contributed by atoms with E-state index in [1.807, 2.05) is 52.0 Å². The molecular weight excluding hydrogens is 234 g/mol. The largest absolute Gasteiger partial charge is 0.312 e. The maximum absolute atomic E-state index is 12.4. The fourth-order valence-corrected chi connectivity index (χ4v) is 1.78. The molecule has 1 rings (SSSR count). The van der Waals surface area contributed by atoms with Crippen LogP contribution < -0.4 is 4.90 Å². The number of benzene rings is 1. The van der Waals surface area contributed by atoms with Gasteiger partial charge in [0.05, 0.1) is 5.41 Å². The summed E-state index contributed by atoms with van der Waals surface area (Å²) in [7, 11) is 0. The topological polar surface area (TPSA) is 20.3 Å². The molecule has 17 heavy (non-hydrogen) atoms. The Kier molecular flexibility index (Phi) is 4.58. The van der Waals surface area contributed by atoms with Crippen LogP contribution in [0.2, 0.25) is 0 Å². The Balaban J connectivity index is 3.04. The van der Waals surface area contributed by atoms with E-state index in [1.54, 1.807) is 4.90 Å². The Morgan fingerprint density at radius 2 is 2.06 bits per heavy atom. The average molecular weight is 254 g/mol. The molecule has 1 amide bonds. The summed E-state index contributed by atoms with van der Waals surface area (Å²) in [6.45, 7) is 8.41. The third kappa shape index (κ3) is 3.22. The molecule has 0 aliphatic carbocycles. The minimum absolute atomic E-state index is 0.0700. The van der Waals surface area contributed by atoms with Crippen LogP contribution in [-0.4, -0.2) is 18.3 Å². The van der Waals surface area contributed by atoms with E-state index < -0.39 is 5.41 Å². The van der Waals surface area contributed by atoms with Crippen molar-refractivity contribution < 1.29 is 4.79 Å². The summed E-state index contributed by atoms with van der Waals surface area (Å²) in [6, 6.07) is 7.97. The molecule has 0 spiro atoms. The molecule has 0 unspecified atom stereocenters. The summed E-state index contributed by atoms with van der Waals surface area (Å²) < 4.78 is 0. The van der Waals surface area contributed by atoms with Crippen molar-refractivity contribution in [2.45, 2.75) is 27.7 Å². The predicted molar refractivity (Wildman–Crippen MR) is 73.7 cm³/mol. The SMILES string of the molecule is CCN(C(=O)C(C)(C)CCl)c1cccc(C)c1. The number of hydrogen-bond acceptors (Lipinski definition) is 1. The van der Waals surface area contributed by atoms with Gasteiger partial charge in [-0.15, -0.1) is 11.6 Å². The Labute approximate surface area is 109 Å². The number of alkyl halides is 1. The van der Waals surface area contributed by atoms with E-state index in [4.69, 9.17) is 11.6 Å². The summed E-state index contributed by atoms with van der Waals surface area (Å²) in [5.41, 5.74) is 1.56. The molecule has 94 valence electrons. The van der Waals surface area contributed by atoms with Gasteiger partial charge in [-0.05, 0) is 45.4 Å². The van der Waals surface area contributed by atoms with E-state index in [1.165, 1.54) is 0 Å². The summed E-state index contributed by atoms with van der Waals surface area (Å²) in [5, 5.41) is 0. The third-order valence-corrected chi connectivity index (χ3v) is 3.46. The highest BCUT2D eigenvalue weighted by Crippen LogP contribution is 2.25.